The lowest BCUT2D eigenvalue weighted by atomic mass is 9.98. The molecule has 4 nitrogen and oxygen atoms in total. The normalized spacial score (nSPS) is 20.6. The van der Waals surface area contributed by atoms with E-state index < -0.39 is 0 Å². The molecular formula is C13H21BrN4. The fraction of sp³-hybridized carbons (Fsp3) is 0.692. The average molecular weight is 313 g/mol. The zero-order chi connectivity index (χ0) is 13.0. The van der Waals surface area contributed by atoms with E-state index in [0.29, 0.717) is 0 Å². The van der Waals surface area contributed by atoms with Crippen molar-refractivity contribution in [1.29, 1.82) is 0 Å². The van der Waals surface area contributed by atoms with Crippen LogP contribution in [0.15, 0.2) is 10.8 Å². The maximum Gasteiger partial charge on any atom is 0.148 e. The summed E-state index contributed by atoms with van der Waals surface area (Å²) in [5, 5.41) is 3.09. The number of nitrogens with zero attached hydrogens (tertiary/aromatic N) is 3. The summed E-state index contributed by atoms with van der Waals surface area (Å²) in [5.74, 6) is 2.75. The van der Waals surface area contributed by atoms with Gasteiger partial charge in [-0.1, -0.05) is 13.3 Å². The van der Waals surface area contributed by atoms with Gasteiger partial charge in [0.05, 0.1) is 0 Å². The molecule has 1 aromatic heterocycles. The van der Waals surface area contributed by atoms with Crippen molar-refractivity contribution >= 4 is 27.6 Å². The van der Waals surface area contributed by atoms with E-state index in [1.165, 1.54) is 25.7 Å². The number of halogens is 1. The van der Waals surface area contributed by atoms with Crippen LogP contribution < -0.4 is 10.2 Å². The predicted octanol–water partition coefficient (Wildman–Crippen LogP) is 3.30. The van der Waals surface area contributed by atoms with E-state index in [1.54, 1.807) is 6.33 Å². The average Bonchev–Trinajstić information content (AvgIpc) is 2.64. The Hall–Kier alpha value is -0.840. The largest absolute Gasteiger partial charge is 0.372 e. The second-order valence-corrected chi connectivity index (χ2v) is 5.60. The summed E-state index contributed by atoms with van der Waals surface area (Å²) < 4.78 is 0.974. The monoisotopic (exact) mass is 312 g/mol. The van der Waals surface area contributed by atoms with Crippen molar-refractivity contribution in [1.82, 2.24) is 9.97 Å². The van der Waals surface area contributed by atoms with E-state index >= 15 is 0 Å². The maximum atomic E-state index is 4.43. The Morgan fingerprint density at radius 2 is 2.22 bits per heavy atom. The summed E-state index contributed by atoms with van der Waals surface area (Å²) in [6.07, 6.45) is 6.79. The summed E-state index contributed by atoms with van der Waals surface area (Å²) >= 11 is 3.61. The van der Waals surface area contributed by atoms with E-state index in [0.717, 1.165) is 35.1 Å². The predicted molar refractivity (Wildman–Crippen MR) is 79.1 cm³/mol. The van der Waals surface area contributed by atoms with Crippen LogP contribution in [0.25, 0.3) is 0 Å². The first kappa shape index (κ1) is 13.6. The van der Waals surface area contributed by atoms with Crippen molar-refractivity contribution in [2.24, 2.45) is 5.92 Å². The second-order valence-electron chi connectivity index (χ2n) is 4.80. The number of aromatic nitrogens is 2. The van der Waals surface area contributed by atoms with Gasteiger partial charge in [-0.3, -0.25) is 0 Å². The molecule has 2 rings (SSSR count). The van der Waals surface area contributed by atoms with Gasteiger partial charge in [-0.25, -0.2) is 9.97 Å². The number of nitrogens with one attached hydrogen (secondary N) is 1. The van der Waals surface area contributed by atoms with Gasteiger partial charge in [0.1, 0.15) is 22.4 Å². The standard InChI is InChI=1S/C13H21BrN4/c1-3-10-5-4-7-18(8-6-10)13-11(14)12(15-2)16-9-17-13/h9-10H,3-8H2,1-2H3,(H,15,16,17). The molecule has 0 amide bonds. The first-order valence-electron chi connectivity index (χ1n) is 6.69. The minimum atomic E-state index is 0.858. The van der Waals surface area contributed by atoms with Gasteiger partial charge in [0.15, 0.2) is 0 Å². The Bertz CT molecular complexity index is 397. The molecule has 0 saturated carbocycles. The fourth-order valence-corrected chi connectivity index (χ4v) is 3.19. The Morgan fingerprint density at radius 3 is 2.94 bits per heavy atom. The first-order valence-corrected chi connectivity index (χ1v) is 7.48. The van der Waals surface area contributed by atoms with Crippen LogP contribution in [-0.4, -0.2) is 30.1 Å². The molecule has 0 bridgehead atoms. The highest BCUT2D eigenvalue weighted by Gasteiger charge is 2.19. The molecule has 1 unspecified atom stereocenters. The van der Waals surface area contributed by atoms with Crippen LogP contribution in [0.5, 0.6) is 0 Å². The van der Waals surface area contributed by atoms with Gasteiger partial charge >= 0.3 is 0 Å². The van der Waals surface area contributed by atoms with Gasteiger partial charge in [0.25, 0.3) is 0 Å². The van der Waals surface area contributed by atoms with E-state index in [2.05, 4.69) is 43.0 Å². The van der Waals surface area contributed by atoms with Crippen LogP contribution in [0.4, 0.5) is 11.6 Å². The molecule has 1 fully saturated rings. The van der Waals surface area contributed by atoms with Crippen molar-refractivity contribution in [3.63, 3.8) is 0 Å². The molecule has 2 heterocycles. The number of rotatable bonds is 3. The smallest absolute Gasteiger partial charge is 0.148 e. The molecule has 0 aliphatic carbocycles. The molecule has 0 spiro atoms. The van der Waals surface area contributed by atoms with Crippen LogP contribution in [0.2, 0.25) is 0 Å². The van der Waals surface area contributed by atoms with E-state index in [9.17, 15) is 0 Å². The third-order valence-electron chi connectivity index (χ3n) is 3.73. The maximum absolute atomic E-state index is 4.43. The summed E-state index contributed by atoms with van der Waals surface area (Å²) in [5.41, 5.74) is 0. The van der Waals surface area contributed by atoms with Gasteiger partial charge in [0, 0.05) is 20.1 Å². The van der Waals surface area contributed by atoms with Gasteiger partial charge < -0.3 is 10.2 Å². The summed E-state index contributed by atoms with van der Waals surface area (Å²) in [6.45, 7) is 4.48. The minimum Gasteiger partial charge on any atom is -0.372 e. The second kappa shape index (κ2) is 6.36. The van der Waals surface area contributed by atoms with E-state index in [1.807, 2.05) is 7.05 Å². The molecule has 0 radical (unpaired) electrons. The van der Waals surface area contributed by atoms with Crippen LogP contribution in [0, 0.1) is 5.92 Å². The van der Waals surface area contributed by atoms with Crippen LogP contribution in [0.3, 0.4) is 0 Å². The van der Waals surface area contributed by atoms with Gasteiger partial charge in [0.2, 0.25) is 0 Å². The third-order valence-corrected chi connectivity index (χ3v) is 4.46. The lowest BCUT2D eigenvalue weighted by Crippen LogP contribution is -2.26. The first-order chi connectivity index (χ1) is 8.76. The topological polar surface area (TPSA) is 41.1 Å². The minimum absolute atomic E-state index is 0.858. The van der Waals surface area contributed by atoms with Crippen molar-refractivity contribution < 1.29 is 0 Å². The Morgan fingerprint density at radius 1 is 1.39 bits per heavy atom. The van der Waals surface area contributed by atoms with Crippen molar-refractivity contribution in [3.05, 3.63) is 10.8 Å². The molecule has 1 aliphatic heterocycles. The summed E-state index contributed by atoms with van der Waals surface area (Å²) in [4.78, 5) is 11.0. The molecule has 18 heavy (non-hydrogen) atoms. The van der Waals surface area contributed by atoms with Crippen LogP contribution >= 0.6 is 15.9 Å². The van der Waals surface area contributed by atoms with Crippen molar-refractivity contribution in [3.8, 4) is 0 Å². The van der Waals surface area contributed by atoms with E-state index in [4.69, 9.17) is 0 Å². The van der Waals surface area contributed by atoms with Crippen molar-refractivity contribution in [2.75, 3.05) is 30.4 Å². The fourth-order valence-electron chi connectivity index (χ4n) is 2.54. The molecule has 1 atom stereocenters. The molecule has 100 valence electrons. The lowest BCUT2D eigenvalue weighted by molar-refractivity contribution is 0.459. The highest BCUT2D eigenvalue weighted by Crippen LogP contribution is 2.31. The highest BCUT2D eigenvalue weighted by molar-refractivity contribution is 9.10. The summed E-state index contributed by atoms with van der Waals surface area (Å²) in [7, 11) is 1.88. The van der Waals surface area contributed by atoms with Crippen LogP contribution in [0.1, 0.15) is 32.6 Å². The van der Waals surface area contributed by atoms with E-state index in [-0.39, 0.29) is 0 Å². The number of hydrogen-bond acceptors (Lipinski definition) is 4. The zero-order valence-electron chi connectivity index (χ0n) is 11.1. The van der Waals surface area contributed by atoms with Gasteiger partial charge in [-0.2, -0.15) is 0 Å². The van der Waals surface area contributed by atoms with Gasteiger partial charge in [-0.05, 0) is 41.1 Å². The van der Waals surface area contributed by atoms with Crippen molar-refractivity contribution in [2.45, 2.75) is 32.6 Å². The Labute approximate surface area is 117 Å². The Balaban J connectivity index is 2.16. The summed E-state index contributed by atoms with van der Waals surface area (Å²) in [6, 6.07) is 0. The molecule has 1 saturated heterocycles. The highest BCUT2D eigenvalue weighted by atomic mass is 79.9. The molecular weight excluding hydrogens is 292 g/mol. The molecule has 1 N–H and O–H groups in total. The van der Waals surface area contributed by atoms with Gasteiger partial charge in [-0.15, -0.1) is 0 Å². The lowest BCUT2D eigenvalue weighted by Gasteiger charge is -2.23. The number of anilines is 2. The molecule has 1 aliphatic rings. The SMILES string of the molecule is CCC1CCCN(c2ncnc(NC)c2Br)CC1. The zero-order valence-corrected chi connectivity index (χ0v) is 12.7. The third kappa shape index (κ3) is 2.94. The molecule has 0 aromatic carbocycles. The Kier molecular flexibility index (Phi) is 4.80. The number of hydrogen-bond donors (Lipinski definition) is 1. The van der Waals surface area contributed by atoms with Crippen LogP contribution in [-0.2, 0) is 0 Å². The molecule has 1 aromatic rings. The molecule has 5 heteroatoms. The quantitative estimate of drug-likeness (QED) is 0.929.